The van der Waals surface area contributed by atoms with Gasteiger partial charge in [0, 0.05) is 26.2 Å². The maximum absolute atomic E-state index is 2.56. The van der Waals surface area contributed by atoms with Crippen molar-refractivity contribution in [3.63, 3.8) is 0 Å². The smallest absolute Gasteiger partial charge is 0.0146 e. The highest BCUT2D eigenvalue weighted by Crippen LogP contribution is 2.29. The molecule has 0 aliphatic carbocycles. The average Bonchev–Trinajstić information content (AvgIpc) is 2.29. The Hall–Kier alpha value is -0.860. The van der Waals surface area contributed by atoms with Gasteiger partial charge in [0.25, 0.3) is 0 Å². The molecule has 0 spiro atoms. The molecular weight excluding hydrogens is 196 g/mol. The molecule has 2 saturated heterocycles. The van der Waals surface area contributed by atoms with Gasteiger partial charge in [0.2, 0.25) is 0 Å². The van der Waals surface area contributed by atoms with Crippen LogP contribution in [0.3, 0.4) is 0 Å². The monoisotopic (exact) mass is 216 g/mol. The molecule has 0 amide bonds. The molecule has 0 radical (unpaired) electrons. The fourth-order valence-electron chi connectivity index (χ4n) is 2.79. The molecule has 2 fully saturated rings. The van der Waals surface area contributed by atoms with E-state index in [0.717, 1.165) is 5.92 Å². The zero-order valence-electron chi connectivity index (χ0n) is 9.81. The Morgan fingerprint density at radius 3 is 2.00 bits per heavy atom. The van der Waals surface area contributed by atoms with Crippen LogP contribution >= 0.6 is 0 Å². The summed E-state index contributed by atoms with van der Waals surface area (Å²) in [5, 5.41) is 5.07. The molecule has 2 heteroatoms. The van der Waals surface area contributed by atoms with E-state index in [9.17, 15) is 0 Å². The van der Waals surface area contributed by atoms with Crippen LogP contribution < -0.4 is 0 Å². The molecule has 0 atom stereocenters. The molecule has 2 aliphatic heterocycles. The molecule has 16 heavy (non-hydrogen) atoms. The van der Waals surface area contributed by atoms with Crippen molar-refractivity contribution in [3.8, 4) is 0 Å². The summed E-state index contributed by atoms with van der Waals surface area (Å²) in [6.07, 6.45) is 4.03. The van der Waals surface area contributed by atoms with Gasteiger partial charge in [-0.3, -0.25) is 0 Å². The lowest BCUT2D eigenvalue weighted by molar-refractivity contribution is -0.0857. The van der Waals surface area contributed by atoms with Crippen LogP contribution in [-0.4, -0.2) is 36.2 Å². The van der Waals surface area contributed by atoms with E-state index in [1.165, 1.54) is 51.0 Å². The predicted molar refractivity (Wildman–Crippen MR) is 66.2 cm³/mol. The number of hydrogen-bond donors (Lipinski definition) is 0. The number of benzene rings is 1. The normalized spacial score (nSPS) is 24.2. The summed E-state index contributed by atoms with van der Waals surface area (Å²) in [4.78, 5) is 0. The highest BCUT2D eigenvalue weighted by molar-refractivity contribution is 5.19. The van der Waals surface area contributed by atoms with Gasteiger partial charge < -0.3 is 0 Å². The number of rotatable bonds is 2. The molecular formula is C14H20N2. The first-order valence-corrected chi connectivity index (χ1v) is 6.48. The quantitative estimate of drug-likeness (QED) is 0.749. The number of hydrazine groups is 1. The lowest BCUT2D eigenvalue weighted by atomic mass is 9.90. The Morgan fingerprint density at radius 1 is 0.812 bits per heavy atom. The molecule has 0 bridgehead atoms. The molecule has 3 rings (SSSR count). The molecule has 2 heterocycles. The SMILES string of the molecule is c1ccc(C2CCN(N3CCC3)CC2)cc1. The lowest BCUT2D eigenvalue weighted by Gasteiger charge is -2.44. The molecule has 1 aromatic carbocycles. The van der Waals surface area contributed by atoms with Crippen molar-refractivity contribution in [2.75, 3.05) is 26.2 Å². The zero-order valence-corrected chi connectivity index (χ0v) is 9.81. The fourth-order valence-corrected chi connectivity index (χ4v) is 2.79. The van der Waals surface area contributed by atoms with Crippen LogP contribution in [0.2, 0.25) is 0 Å². The maximum atomic E-state index is 2.56. The second-order valence-electron chi connectivity index (χ2n) is 4.95. The van der Waals surface area contributed by atoms with Gasteiger partial charge in [0.15, 0.2) is 0 Å². The Kier molecular flexibility index (Phi) is 2.94. The summed E-state index contributed by atoms with van der Waals surface area (Å²) in [6.45, 7) is 5.07. The summed E-state index contributed by atoms with van der Waals surface area (Å²) >= 11 is 0. The molecule has 0 saturated carbocycles. The van der Waals surface area contributed by atoms with E-state index in [4.69, 9.17) is 0 Å². The topological polar surface area (TPSA) is 6.48 Å². The minimum Gasteiger partial charge on any atom is -0.242 e. The van der Waals surface area contributed by atoms with Gasteiger partial charge in [0.1, 0.15) is 0 Å². The number of nitrogens with zero attached hydrogens (tertiary/aromatic N) is 2. The van der Waals surface area contributed by atoms with Crippen molar-refractivity contribution >= 4 is 0 Å². The maximum Gasteiger partial charge on any atom is 0.0146 e. The van der Waals surface area contributed by atoms with Gasteiger partial charge in [-0.25, -0.2) is 10.0 Å². The summed E-state index contributed by atoms with van der Waals surface area (Å²) in [7, 11) is 0. The van der Waals surface area contributed by atoms with Crippen LogP contribution in [0.15, 0.2) is 30.3 Å². The van der Waals surface area contributed by atoms with E-state index in [1.807, 2.05) is 0 Å². The molecule has 0 unspecified atom stereocenters. The Bertz CT molecular complexity index is 324. The molecule has 1 aromatic rings. The van der Waals surface area contributed by atoms with E-state index in [-0.39, 0.29) is 0 Å². The van der Waals surface area contributed by atoms with Crippen LogP contribution in [0.1, 0.15) is 30.7 Å². The van der Waals surface area contributed by atoms with E-state index in [2.05, 4.69) is 40.3 Å². The third kappa shape index (κ3) is 2.00. The van der Waals surface area contributed by atoms with Gasteiger partial charge in [0.05, 0.1) is 0 Å². The molecule has 2 nitrogen and oxygen atoms in total. The van der Waals surface area contributed by atoms with E-state index in [1.54, 1.807) is 0 Å². The summed E-state index contributed by atoms with van der Waals surface area (Å²) in [6, 6.07) is 11.0. The van der Waals surface area contributed by atoms with Crippen LogP contribution in [0, 0.1) is 0 Å². The molecule has 0 aromatic heterocycles. The number of piperidine rings is 1. The lowest BCUT2D eigenvalue weighted by Crippen LogP contribution is -2.53. The van der Waals surface area contributed by atoms with E-state index >= 15 is 0 Å². The van der Waals surface area contributed by atoms with Crippen molar-refractivity contribution in [1.82, 2.24) is 10.0 Å². The van der Waals surface area contributed by atoms with Crippen molar-refractivity contribution in [3.05, 3.63) is 35.9 Å². The minimum atomic E-state index is 0.790. The second-order valence-corrected chi connectivity index (χ2v) is 4.95. The van der Waals surface area contributed by atoms with Crippen LogP contribution in [-0.2, 0) is 0 Å². The molecule has 2 aliphatic rings. The van der Waals surface area contributed by atoms with Gasteiger partial charge in [-0.15, -0.1) is 0 Å². The first-order chi connectivity index (χ1) is 7.93. The van der Waals surface area contributed by atoms with E-state index < -0.39 is 0 Å². The largest absolute Gasteiger partial charge is 0.242 e. The van der Waals surface area contributed by atoms with Gasteiger partial charge in [-0.1, -0.05) is 30.3 Å². The number of hydrogen-bond acceptors (Lipinski definition) is 2. The van der Waals surface area contributed by atoms with Crippen LogP contribution in [0.25, 0.3) is 0 Å². The minimum absolute atomic E-state index is 0.790. The summed E-state index contributed by atoms with van der Waals surface area (Å²) in [5.41, 5.74) is 1.53. The summed E-state index contributed by atoms with van der Waals surface area (Å²) in [5.74, 6) is 0.790. The standard InChI is InChI=1S/C14H20N2/c1-2-5-13(6-3-1)14-7-11-16(12-8-14)15-9-4-10-15/h1-3,5-6,14H,4,7-12H2. The Labute approximate surface area is 97.8 Å². The van der Waals surface area contributed by atoms with E-state index in [0.29, 0.717) is 0 Å². The van der Waals surface area contributed by atoms with Gasteiger partial charge in [-0.05, 0) is 30.7 Å². The Morgan fingerprint density at radius 2 is 1.44 bits per heavy atom. The van der Waals surface area contributed by atoms with Crippen molar-refractivity contribution in [2.45, 2.75) is 25.2 Å². The molecule has 0 N–H and O–H groups in total. The second kappa shape index (κ2) is 4.56. The van der Waals surface area contributed by atoms with Gasteiger partial charge >= 0.3 is 0 Å². The van der Waals surface area contributed by atoms with Crippen LogP contribution in [0.5, 0.6) is 0 Å². The van der Waals surface area contributed by atoms with Crippen molar-refractivity contribution in [2.24, 2.45) is 0 Å². The Balaban J connectivity index is 1.58. The summed E-state index contributed by atoms with van der Waals surface area (Å²) < 4.78 is 0. The van der Waals surface area contributed by atoms with Gasteiger partial charge in [-0.2, -0.15) is 0 Å². The zero-order chi connectivity index (χ0) is 10.8. The third-order valence-corrected chi connectivity index (χ3v) is 3.97. The first kappa shape index (κ1) is 10.3. The highest BCUT2D eigenvalue weighted by atomic mass is 15.6. The highest BCUT2D eigenvalue weighted by Gasteiger charge is 2.26. The average molecular weight is 216 g/mol. The fraction of sp³-hybridized carbons (Fsp3) is 0.571. The van der Waals surface area contributed by atoms with Crippen molar-refractivity contribution in [1.29, 1.82) is 0 Å². The van der Waals surface area contributed by atoms with Crippen LogP contribution in [0.4, 0.5) is 0 Å². The van der Waals surface area contributed by atoms with Crippen molar-refractivity contribution < 1.29 is 0 Å². The molecule has 86 valence electrons. The predicted octanol–water partition coefficient (Wildman–Crippen LogP) is 2.49. The first-order valence-electron chi connectivity index (χ1n) is 6.48. The third-order valence-electron chi connectivity index (χ3n) is 3.97.